The number of anilines is 1. The van der Waals surface area contributed by atoms with Crippen molar-refractivity contribution in [3.05, 3.63) is 98.2 Å². The first-order valence-corrected chi connectivity index (χ1v) is 10.9. The third kappa shape index (κ3) is 5.23. The highest BCUT2D eigenvalue weighted by atomic mass is 32.1. The van der Waals surface area contributed by atoms with E-state index in [0.29, 0.717) is 17.7 Å². The molecule has 0 spiro atoms. The number of carbonyl (C=O) groups is 1. The van der Waals surface area contributed by atoms with Crippen LogP contribution in [0.1, 0.15) is 21.9 Å². The van der Waals surface area contributed by atoms with Gasteiger partial charge >= 0.3 is 0 Å². The van der Waals surface area contributed by atoms with Crippen LogP contribution in [0.4, 0.5) is 10.8 Å². The summed E-state index contributed by atoms with van der Waals surface area (Å²) in [5.41, 5.74) is 2.17. The summed E-state index contributed by atoms with van der Waals surface area (Å²) in [7, 11) is 0. The predicted octanol–water partition coefficient (Wildman–Crippen LogP) is 5.15. The molecule has 1 amide bonds. The number of nitriles is 1. The first kappa shape index (κ1) is 22.6. The number of nitro benzene ring substituents is 1. The van der Waals surface area contributed by atoms with Gasteiger partial charge in [0.1, 0.15) is 28.2 Å². The van der Waals surface area contributed by atoms with Gasteiger partial charge in [0, 0.05) is 30.2 Å². The Morgan fingerprint density at radius 3 is 2.74 bits per heavy atom. The molecule has 168 valence electrons. The number of amides is 1. The van der Waals surface area contributed by atoms with Gasteiger partial charge in [-0.25, -0.2) is 0 Å². The Morgan fingerprint density at radius 2 is 2.00 bits per heavy atom. The normalized spacial score (nSPS) is 11.1. The van der Waals surface area contributed by atoms with Crippen molar-refractivity contribution in [3.8, 4) is 17.4 Å². The number of aromatic nitrogens is 2. The van der Waals surface area contributed by atoms with Crippen LogP contribution in [0.2, 0.25) is 0 Å². The Bertz CT molecular complexity index is 1430. The van der Waals surface area contributed by atoms with Crippen LogP contribution in [0.15, 0.2) is 70.7 Å². The van der Waals surface area contributed by atoms with E-state index in [2.05, 4.69) is 15.5 Å². The predicted molar refractivity (Wildman–Crippen MR) is 127 cm³/mol. The smallest absolute Gasteiger partial charge is 0.270 e. The zero-order valence-electron chi connectivity index (χ0n) is 17.9. The Labute approximate surface area is 198 Å². The molecule has 1 N–H and O–H groups in total. The summed E-state index contributed by atoms with van der Waals surface area (Å²) >= 11 is 1.23. The lowest BCUT2D eigenvalue weighted by Crippen LogP contribution is -2.13. The van der Waals surface area contributed by atoms with Crippen molar-refractivity contribution >= 4 is 34.1 Å². The second kappa shape index (κ2) is 9.89. The van der Waals surface area contributed by atoms with Gasteiger partial charge in [0.2, 0.25) is 5.13 Å². The van der Waals surface area contributed by atoms with Crippen molar-refractivity contribution in [3.63, 3.8) is 0 Å². The average molecular weight is 471 g/mol. The van der Waals surface area contributed by atoms with Crippen LogP contribution < -0.4 is 5.32 Å². The minimum Gasteiger partial charge on any atom is -0.457 e. The molecular formula is C24H17N5O4S. The summed E-state index contributed by atoms with van der Waals surface area (Å²) in [6.45, 7) is 1.80. The number of benzene rings is 2. The molecule has 2 aromatic heterocycles. The molecule has 0 saturated heterocycles. The molecule has 0 aliphatic carbocycles. The Kier molecular flexibility index (Phi) is 6.57. The molecule has 0 aliphatic heterocycles. The number of hydrogen-bond acceptors (Lipinski definition) is 8. The number of hydrogen-bond donors (Lipinski definition) is 1. The second-order valence-corrected chi connectivity index (χ2v) is 8.31. The summed E-state index contributed by atoms with van der Waals surface area (Å²) < 4.78 is 5.73. The highest BCUT2D eigenvalue weighted by Crippen LogP contribution is 2.30. The lowest BCUT2D eigenvalue weighted by molar-refractivity contribution is -0.384. The Balaban J connectivity index is 1.49. The molecule has 0 bridgehead atoms. The summed E-state index contributed by atoms with van der Waals surface area (Å²) in [6.07, 6.45) is 1.89. The average Bonchev–Trinajstić information content (AvgIpc) is 3.47. The number of nitro groups is 1. The third-order valence-electron chi connectivity index (χ3n) is 4.86. The van der Waals surface area contributed by atoms with Crippen molar-refractivity contribution in [2.24, 2.45) is 0 Å². The van der Waals surface area contributed by atoms with Crippen LogP contribution in [0.25, 0.3) is 17.4 Å². The van der Waals surface area contributed by atoms with E-state index < -0.39 is 10.8 Å². The molecule has 4 aromatic rings. The van der Waals surface area contributed by atoms with Crippen molar-refractivity contribution in [2.45, 2.75) is 13.3 Å². The number of aryl methyl sites for hydroxylation is 1. The van der Waals surface area contributed by atoms with Gasteiger partial charge in [-0.1, -0.05) is 47.7 Å². The van der Waals surface area contributed by atoms with Crippen LogP contribution >= 0.6 is 11.3 Å². The maximum Gasteiger partial charge on any atom is 0.270 e. The van der Waals surface area contributed by atoms with E-state index in [9.17, 15) is 20.2 Å². The maximum atomic E-state index is 12.6. The fourth-order valence-electron chi connectivity index (χ4n) is 3.17. The molecule has 10 heteroatoms. The van der Waals surface area contributed by atoms with Gasteiger partial charge in [0.15, 0.2) is 0 Å². The van der Waals surface area contributed by atoms with E-state index >= 15 is 0 Å². The number of nitrogens with zero attached hydrogens (tertiary/aromatic N) is 4. The molecular weight excluding hydrogens is 454 g/mol. The minimum absolute atomic E-state index is 0.0603. The van der Waals surface area contributed by atoms with Gasteiger partial charge in [-0.3, -0.25) is 20.2 Å². The topological polar surface area (TPSA) is 135 Å². The number of furan rings is 1. The molecule has 9 nitrogen and oxygen atoms in total. The van der Waals surface area contributed by atoms with Gasteiger partial charge in [0.25, 0.3) is 11.6 Å². The highest BCUT2D eigenvalue weighted by Gasteiger charge is 2.16. The first-order valence-electron chi connectivity index (χ1n) is 10.1. The lowest BCUT2D eigenvalue weighted by atomic mass is 10.1. The molecule has 2 aromatic carbocycles. The van der Waals surface area contributed by atoms with Gasteiger partial charge in [0.05, 0.1) is 4.92 Å². The fraction of sp³-hybridized carbons (Fsp3) is 0.0833. The van der Waals surface area contributed by atoms with Crippen molar-refractivity contribution in [1.29, 1.82) is 5.26 Å². The minimum atomic E-state index is -0.644. The van der Waals surface area contributed by atoms with Gasteiger partial charge in [-0.2, -0.15) is 5.26 Å². The number of carbonyl (C=O) groups excluding carboxylic acids is 1. The van der Waals surface area contributed by atoms with Crippen LogP contribution in [-0.4, -0.2) is 21.0 Å². The number of rotatable bonds is 7. The van der Waals surface area contributed by atoms with Crippen molar-refractivity contribution in [2.75, 3.05) is 5.32 Å². The lowest BCUT2D eigenvalue weighted by Gasteiger charge is -2.02. The summed E-state index contributed by atoms with van der Waals surface area (Å²) in [4.78, 5) is 23.2. The molecule has 0 unspecified atom stereocenters. The monoisotopic (exact) mass is 471 g/mol. The molecule has 4 rings (SSSR count). The second-order valence-electron chi connectivity index (χ2n) is 7.25. The maximum absolute atomic E-state index is 12.6. The van der Waals surface area contributed by atoms with Crippen molar-refractivity contribution in [1.82, 2.24) is 10.2 Å². The zero-order valence-corrected chi connectivity index (χ0v) is 18.7. The van der Waals surface area contributed by atoms with Crippen LogP contribution in [0.5, 0.6) is 0 Å². The van der Waals surface area contributed by atoms with E-state index in [1.807, 2.05) is 36.4 Å². The molecule has 0 aliphatic rings. The third-order valence-corrected chi connectivity index (χ3v) is 5.70. The molecule has 2 heterocycles. The molecule has 0 atom stereocenters. The van der Waals surface area contributed by atoms with Crippen molar-refractivity contribution < 1.29 is 14.1 Å². The van der Waals surface area contributed by atoms with Crippen LogP contribution in [-0.2, 0) is 11.2 Å². The summed E-state index contributed by atoms with van der Waals surface area (Å²) in [5.74, 6) is 0.00357. The first-order chi connectivity index (χ1) is 16.4. The quantitative estimate of drug-likeness (QED) is 0.170. The Morgan fingerprint density at radius 1 is 1.21 bits per heavy atom. The zero-order chi connectivity index (χ0) is 24.1. The SMILES string of the molecule is Cc1ccc([N+](=O)[O-])cc1-c1ccc(C=C(C#N)C(=O)Nc2nnc(Cc3ccccc3)s2)o1. The van der Waals surface area contributed by atoms with E-state index in [1.54, 1.807) is 25.1 Å². The Hall–Kier alpha value is -4.62. The van der Waals surface area contributed by atoms with E-state index in [-0.39, 0.29) is 22.2 Å². The summed E-state index contributed by atoms with van der Waals surface area (Å²) in [5, 5.41) is 32.2. The van der Waals surface area contributed by atoms with Gasteiger partial charge in [-0.15, -0.1) is 10.2 Å². The van der Waals surface area contributed by atoms with Gasteiger partial charge in [-0.05, 0) is 30.2 Å². The number of non-ortho nitro benzene ring substituents is 1. The standard InChI is InChI=1S/C24H17N5O4S/c1-15-7-8-18(29(31)32)13-20(15)21-10-9-19(33-21)12-17(14-25)23(30)26-24-28-27-22(34-24)11-16-5-3-2-4-6-16/h2-10,12-13H,11H2,1H3,(H,26,28,30). The van der Waals surface area contributed by atoms with E-state index in [4.69, 9.17) is 4.42 Å². The fourth-order valence-corrected chi connectivity index (χ4v) is 3.93. The molecule has 0 radical (unpaired) electrons. The van der Waals surface area contributed by atoms with E-state index in [1.165, 1.54) is 29.5 Å². The molecule has 0 fully saturated rings. The molecule has 34 heavy (non-hydrogen) atoms. The largest absolute Gasteiger partial charge is 0.457 e. The number of nitrogens with one attached hydrogen (secondary N) is 1. The van der Waals surface area contributed by atoms with Crippen LogP contribution in [0.3, 0.4) is 0 Å². The van der Waals surface area contributed by atoms with Gasteiger partial charge < -0.3 is 4.42 Å². The van der Waals surface area contributed by atoms with Crippen LogP contribution in [0, 0.1) is 28.4 Å². The van der Waals surface area contributed by atoms with E-state index in [0.717, 1.165) is 16.1 Å². The summed E-state index contributed by atoms with van der Waals surface area (Å²) in [6, 6.07) is 19.3. The molecule has 0 saturated carbocycles. The highest BCUT2D eigenvalue weighted by molar-refractivity contribution is 7.15.